The Bertz CT molecular complexity index is 597. The van der Waals surface area contributed by atoms with Gasteiger partial charge in [-0.3, -0.25) is 9.89 Å². The molecule has 8 nitrogen and oxygen atoms in total. The zero-order valence-corrected chi connectivity index (χ0v) is 17.6. The predicted molar refractivity (Wildman–Crippen MR) is 112 cm³/mol. The van der Waals surface area contributed by atoms with Crippen molar-refractivity contribution in [3.05, 3.63) is 12.2 Å². The molecule has 0 saturated carbocycles. The molecule has 0 amide bonds. The van der Waals surface area contributed by atoms with Gasteiger partial charge in [0.1, 0.15) is 12.2 Å². The van der Waals surface area contributed by atoms with Gasteiger partial charge in [0, 0.05) is 58.8 Å². The van der Waals surface area contributed by atoms with E-state index in [1.165, 1.54) is 12.8 Å². The first-order valence-electron chi connectivity index (χ1n) is 11.0. The molecule has 2 fully saturated rings. The normalized spacial score (nSPS) is 21.9. The van der Waals surface area contributed by atoms with E-state index in [0.717, 1.165) is 96.1 Å². The van der Waals surface area contributed by atoms with E-state index in [1.54, 1.807) is 0 Å². The van der Waals surface area contributed by atoms with Crippen LogP contribution in [0.5, 0.6) is 0 Å². The van der Waals surface area contributed by atoms with Gasteiger partial charge in [-0.25, -0.2) is 0 Å². The lowest BCUT2D eigenvalue weighted by atomic mass is 10.0. The summed E-state index contributed by atoms with van der Waals surface area (Å²) in [5.74, 6) is 2.84. The van der Waals surface area contributed by atoms with Crippen LogP contribution in [0.4, 0.5) is 0 Å². The molecule has 0 aromatic carbocycles. The predicted octanol–water partition coefficient (Wildman–Crippen LogP) is 1.24. The number of likely N-dealkylation sites (tertiary alicyclic amines) is 1. The van der Waals surface area contributed by atoms with Crippen LogP contribution < -0.4 is 5.32 Å². The Hall–Kier alpha value is -1.67. The van der Waals surface area contributed by atoms with Crippen LogP contribution in [0.3, 0.4) is 0 Å². The van der Waals surface area contributed by atoms with Crippen molar-refractivity contribution in [3.8, 4) is 0 Å². The van der Waals surface area contributed by atoms with Crippen LogP contribution in [0.15, 0.2) is 11.3 Å². The molecule has 0 spiro atoms. The molecule has 1 atom stereocenters. The largest absolute Gasteiger partial charge is 0.379 e. The van der Waals surface area contributed by atoms with Crippen molar-refractivity contribution in [1.82, 2.24) is 29.9 Å². The molecular weight excluding hydrogens is 354 g/mol. The SMILES string of the molecule is CCc1nncn1CCNC(=NCCCN1CCOCC1)N1CCCC(C)C1. The Kier molecular flexibility index (Phi) is 8.54. The number of aliphatic imine (C=N–C) groups is 1. The third kappa shape index (κ3) is 6.44. The molecule has 0 aliphatic carbocycles. The lowest BCUT2D eigenvalue weighted by molar-refractivity contribution is 0.0377. The molecule has 2 saturated heterocycles. The standard InChI is InChI=1S/C20H37N7O/c1-3-19-24-23-17-27(19)11-8-22-20(26-10-4-6-18(2)16-26)21-7-5-9-25-12-14-28-15-13-25/h17-18H,3-16H2,1-2H3,(H,21,22). The van der Waals surface area contributed by atoms with Gasteiger partial charge in [-0.1, -0.05) is 13.8 Å². The number of guanidine groups is 1. The highest BCUT2D eigenvalue weighted by atomic mass is 16.5. The van der Waals surface area contributed by atoms with E-state index >= 15 is 0 Å². The third-order valence-corrected chi connectivity index (χ3v) is 5.60. The van der Waals surface area contributed by atoms with Gasteiger partial charge in [0.2, 0.25) is 0 Å². The fourth-order valence-electron chi connectivity index (χ4n) is 3.98. The molecule has 3 rings (SSSR count). The highest BCUT2D eigenvalue weighted by molar-refractivity contribution is 5.80. The Morgan fingerprint density at radius 2 is 2.14 bits per heavy atom. The average molecular weight is 392 g/mol. The number of rotatable bonds is 8. The number of nitrogens with zero attached hydrogens (tertiary/aromatic N) is 6. The van der Waals surface area contributed by atoms with Crippen molar-refractivity contribution in [2.75, 3.05) is 59.0 Å². The summed E-state index contributed by atoms with van der Waals surface area (Å²) in [7, 11) is 0. The van der Waals surface area contributed by atoms with E-state index in [2.05, 4.69) is 43.7 Å². The molecule has 0 bridgehead atoms. The summed E-state index contributed by atoms with van der Waals surface area (Å²) < 4.78 is 7.56. The second-order valence-corrected chi connectivity index (χ2v) is 7.93. The van der Waals surface area contributed by atoms with Crippen LogP contribution in [0.25, 0.3) is 0 Å². The second-order valence-electron chi connectivity index (χ2n) is 7.93. The molecule has 158 valence electrons. The average Bonchev–Trinajstić information content (AvgIpc) is 3.18. The number of morpholine rings is 1. The molecule has 2 aliphatic heterocycles. The number of hydrogen-bond donors (Lipinski definition) is 1. The van der Waals surface area contributed by atoms with Gasteiger partial charge in [-0.2, -0.15) is 0 Å². The highest BCUT2D eigenvalue weighted by Crippen LogP contribution is 2.15. The molecule has 3 heterocycles. The van der Waals surface area contributed by atoms with E-state index in [1.807, 2.05) is 6.33 Å². The molecular formula is C20H37N7O. The summed E-state index contributed by atoms with van der Waals surface area (Å²) in [6.45, 7) is 14.2. The zero-order chi connectivity index (χ0) is 19.6. The first-order valence-corrected chi connectivity index (χ1v) is 11.0. The van der Waals surface area contributed by atoms with Gasteiger partial charge in [0.05, 0.1) is 13.2 Å². The van der Waals surface area contributed by atoms with Crippen molar-refractivity contribution >= 4 is 5.96 Å². The first-order chi connectivity index (χ1) is 13.8. The fourth-order valence-corrected chi connectivity index (χ4v) is 3.98. The number of piperidine rings is 1. The Morgan fingerprint density at radius 1 is 1.29 bits per heavy atom. The summed E-state index contributed by atoms with van der Waals surface area (Å²) in [5.41, 5.74) is 0. The first kappa shape index (κ1) is 21.0. The van der Waals surface area contributed by atoms with E-state index < -0.39 is 0 Å². The van der Waals surface area contributed by atoms with Crippen LogP contribution in [-0.4, -0.2) is 89.6 Å². The van der Waals surface area contributed by atoms with Gasteiger partial charge in [0.25, 0.3) is 0 Å². The Balaban J connectivity index is 1.50. The Labute approximate surface area is 169 Å². The highest BCUT2D eigenvalue weighted by Gasteiger charge is 2.19. The quantitative estimate of drug-likeness (QED) is 0.408. The van der Waals surface area contributed by atoms with Gasteiger partial charge in [-0.05, 0) is 25.2 Å². The second kappa shape index (κ2) is 11.4. The molecule has 2 aliphatic rings. The van der Waals surface area contributed by atoms with Crippen LogP contribution in [-0.2, 0) is 17.7 Å². The smallest absolute Gasteiger partial charge is 0.193 e. The maximum Gasteiger partial charge on any atom is 0.193 e. The van der Waals surface area contributed by atoms with Crippen LogP contribution >= 0.6 is 0 Å². The lowest BCUT2D eigenvalue weighted by Gasteiger charge is -2.34. The minimum atomic E-state index is 0.735. The van der Waals surface area contributed by atoms with E-state index in [9.17, 15) is 0 Å². The topological polar surface area (TPSA) is 70.8 Å². The number of hydrogen-bond acceptors (Lipinski definition) is 5. The van der Waals surface area contributed by atoms with Crippen molar-refractivity contribution in [2.24, 2.45) is 10.9 Å². The van der Waals surface area contributed by atoms with Crippen molar-refractivity contribution in [1.29, 1.82) is 0 Å². The van der Waals surface area contributed by atoms with E-state index in [4.69, 9.17) is 9.73 Å². The van der Waals surface area contributed by atoms with Crippen molar-refractivity contribution in [3.63, 3.8) is 0 Å². The zero-order valence-electron chi connectivity index (χ0n) is 17.6. The molecule has 1 aromatic rings. The van der Waals surface area contributed by atoms with Crippen molar-refractivity contribution in [2.45, 2.75) is 46.1 Å². The summed E-state index contributed by atoms with van der Waals surface area (Å²) in [5, 5.41) is 11.8. The molecule has 28 heavy (non-hydrogen) atoms. The monoisotopic (exact) mass is 391 g/mol. The van der Waals surface area contributed by atoms with Gasteiger partial charge in [0.15, 0.2) is 5.96 Å². The fraction of sp³-hybridized carbons (Fsp3) is 0.850. The molecule has 1 N–H and O–H groups in total. The van der Waals surface area contributed by atoms with Gasteiger partial charge >= 0.3 is 0 Å². The van der Waals surface area contributed by atoms with Gasteiger partial charge < -0.3 is 19.5 Å². The summed E-state index contributed by atoms with van der Waals surface area (Å²) in [6, 6.07) is 0. The maximum absolute atomic E-state index is 5.43. The molecule has 1 unspecified atom stereocenters. The van der Waals surface area contributed by atoms with E-state index in [0.29, 0.717) is 0 Å². The van der Waals surface area contributed by atoms with Crippen molar-refractivity contribution < 1.29 is 4.74 Å². The molecule has 0 radical (unpaired) electrons. The number of ether oxygens (including phenoxy) is 1. The van der Waals surface area contributed by atoms with Crippen LogP contribution in [0, 0.1) is 5.92 Å². The number of nitrogens with one attached hydrogen (secondary N) is 1. The third-order valence-electron chi connectivity index (χ3n) is 5.60. The molecule has 1 aromatic heterocycles. The van der Waals surface area contributed by atoms with Crippen LogP contribution in [0.1, 0.15) is 38.9 Å². The lowest BCUT2D eigenvalue weighted by Crippen LogP contribution is -2.47. The minimum Gasteiger partial charge on any atom is -0.379 e. The molecule has 8 heteroatoms. The van der Waals surface area contributed by atoms with E-state index in [-0.39, 0.29) is 0 Å². The summed E-state index contributed by atoms with van der Waals surface area (Å²) >= 11 is 0. The summed E-state index contributed by atoms with van der Waals surface area (Å²) in [4.78, 5) is 9.88. The number of aryl methyl sites for hydroxylation is 1. The maximum atomic E-state index is 5.43. The van der Waals surface area contributed by atoms with Crippen LogP contribution in [0.2, 0.25) is 0 Å². The number of aromatic nitrogens is 3. The minimum absolute atomic E-state index is 0.735. The van der Waals surface area contributed by atoms with Gasteiger partial charge in [-0.15, -0.1) is 10.2 Å². The summed E-state index contributed by atoms with van der Waals surface area (Å²) in [6.07, 6.45) is 6.40. The Morgan fingerprint density at radius 3 is 2.93 bits per heavy atom.